The average molecular weight is 247 g/mol. The Kier molecular flexibility index (Phi) is 5.03. The highest BCUT2D eigenvalue weighted by atomic mass is 16.1. The number of unbranched alkanes of at least 4 members (excludes halogenated alkanes) is 1. The van der Waals surface area contributed by atoms with Crippen molar-refractivity contribution < 1.29 is 4.79 Å². The SMILES string of the molecule is CCCC[C@H]1CCCCCCc2[nH]c(C=O)cc21. The molecule has 0 bridgehead atoms. The lowest BCUT2D eigenvalue weighted by atomic mass is 9.89. The highest BCUT2D eigenvalue weighted by Gasteiger charge is 2.18. The summed E-state index contributed by atoms with van der Waals surface area (Å²) in [6, 6.07) is 2.11. The molecule has 1 aliphatic carbocycles. The van der Waals surface area contributed by atoms with E-state index >= 15 is 0 Å². The molecular weight excluding hydrogens is 222 g/mol. The Morgan fingerprint density at radius 1 is 1.33 bits per heavy atom. The predicted octanol–water partition coefficient (Wildman–Crippen LogP) is 4.61. The summed E-state index contributed by atoms with van der Waals surface area (Å²) in [6.07, 6.45) is 12.5. The Hall–Kier alpha value is -1.05. The quantitative estimate of drug-likeness (QED) is 0.774. The number of hydrogen-bond donors (Lipinski definition) is 1. The molecule has 1 aromatic rings. The van der Waals surface area contributed by atoms with E-state index in [2.05, 4.69) is 18.0 Å². The number of rotatable bonds is 4. The molecule has 1 aromatic heterocycles. The summed E-state index contributed by atoms with van der Waals surface area (Å²) < 4.78 is 0. The minimum atomic E-state index is 0.669. The molecule has 1 atom stereocenters. The summed E-state index contributed by atoms with van der Waals surface area (Å²) in [5.74, 6) is 0.669. The smallest absolute Gasteiger partial charge is 0.166 e. The third-order valence-corrected chi connectivity index (χ3v) is 4.16. The van der Waals surface area contributed by atoms with Gasteiger partial charge in [0.1, 0.15) is 0 Å². The molecule has 0 saturated carbocycles. The first kappa shape index (κ1) is 13.4. The zero-order valence-corrected chi connectivity index (χ0v) is 11.5. The number of nitrogens with one attached hydrogen (secondary N) is 1. The van der Waals surface area contributed by atoms with Crippen molar-refractivity contribution >= 4 is 6.29 Å². The zero-order chi connectivity index (χ0) is 12.8. The minimum absolute atomic E-state index is 0.669. The van der Waals surface area contributed by atoms with Gasteiger partial charge in [-0.2, -0.15) is 0 Å². The van der Waals surface area contributed by atoms with Crippen LogP contribution in [0, 0.1) is 0 Å². The van der Waals surface area contributed by atoms with Gasteiger partial charge in [-0.05, 0) is 43.2 Å². The van der Waals surface area contributed by atoms with Gasteiger partial charge in [0.05, 0.1) is 5.69 Å². The van der Waals surface area contributed by atoms with Crippen LogP contribution in [0.2, 0.25) is 0 Å². The van der Waals surface area contributed by atoms with Crippen molar-refractivity contribution in [3.8, 4) is 0 Å². The fraction of sp³-hybridized carbons (Fsp3) is 0.688. The monoisotopic (exact) mass is 247 g/mol. The van der Waals surface area contributed by atoms with Gasteiger partial charge < -0.3 is 4.98 Å². The standard InChI is InChI=1S/C16H25NO/c1-2-3-8-13-9-6-4-5-7-10-16-15(13)11-14(12-18)17-16/h11-13,17H,2-10H2,1H3/t13-/m0/s1. The van der Waals surface area contributed by atoms with Crippen molar-refractivity contribution in [3.63, 3.8) is 0 Å². The average Bonchev–Trinajstić information content (AvgIpc) is 2.81. The highest BCUT2D eigenvalue weighted by Crippen LogP contribution is 2.33. The second kappa shape index (κ2) is 6.77. The van der Waals surface area contributed by atoms with E-state index in [1.807, 2.05) is 0 Å². The van der Waals surface area contributed by atoms with Crippen LogP contribution in [0.25, 0.3) is 0 Å². The molecule has 1 heterocycles. The van der Waals surface area contributed by atoms with E-state index in [9.17, 15) is 4.79 Å². The van der Waals surface area contributed by atoms with Gasteiger partial charge in [0.25, 0.3) is 0 Å². The van der Waals surface area contributed by atoms with Crippen LogP contribution < -0.4 is 0 Å². The van der Waals surface area contributed by atoms with Gasteiger partial charge in [-0.1, -0.05) is 39.0 Å². The summed E-state index contributed by atoms with van der Waals surface area (Å²) in [5.41, 5.74) is 3.54. The molecule has 0 saturated heterocycles. The number of aromatic nitrogens is 1. The first-order valence-electron chi connectivity index (χ1n) is 7.52. The van der Waals surface area contributed by atoms with Crippen LogP contribution in [0.1, 0.15) is 86.0 Å². The van der Waals surface area contributed by atoms with Gasteiger partial charge in [0, 0.05) is 5.69 Å². The van der Waals surface area contributed by atoms with Crippen molar-refractivity contribution in [1.82, 2.24) is 4.98 Å². The summed E-state index contributed by atoms with van der Waals surface area (Å²) in [7, 11) is 0. The van der Waals surface area contributed by atoms with Crippen LogP contribution in [-0.4, -0.2) is 11.3 Å². The maximum absolute atomic E-state index is 11.0. The molecule has 2 heteroatoms. The number of aromatic amines is 1. The Bertz CT molecular complexity index is 380. The normalized spacial score (nSPS) is 20.6. The molecule has 2 rings (SSSR count). The number of aryl methyl sites for hydroxylation is 1. The van der Waals surface area contributed by atoms with Crippen LogP contribution in [-0.2, 0) is 6.42 Å². The van der Waals surface area contributed by atoms with Gasteiger partial charge in [-0.15, -0.1) is 0 Å². The van der Waals surface area contributed by atoms with Crippen LogP contribution in [0.15, 0.2) is 6.07 Å². The van der Waals surface area contributed by atoms with Crippen molar-refractivity contribution in [2.45, 2.75) is 70.6 Å². The molecule has 0 aliphatic heterocycles. The van der Waals surface area contributed by atoms with E-state index < -0.39 is 0 Å². The Morgan fingerprint density at radius 2 is 2.17 bits per heavy atom. The molecule has 0 spiro atoms. The second-order valence-corrected chi connectivity index (χ2v) is 5.57. The van der Waals surface area contributed by atoms with Gasteiger partial charge in [0.15, 0.2) is 6.29 Å². The van der Waals surface area contributed by atoms with E-state index in [1.54, 1.807) is 0 Å². The molecule has 2 nitrogen and oxygen atoms in total. The third kappa shape index (κ3) is 3.24. The second-order valence-electron chi connectivity index (χ2n) is 5.57. The molecule has 0 aromatic carbocycles. The highest BCUT2D eigenvalue weighted by molar-refractivity contribution is 5.73. The van der Waals surface area contributed by atoms with Crippen molar-refractivity contribution in [3.05, 3.63) is 23.0 Å². The zero-order valence-electron chi connectivity index (χ0n) is 11.5. The largest absolute Gasteiger partial charge is 0.356 e. The number of aldehydes is 1. The lowest BCUT2D eigenvalue weighted by molar-refractivity contribution is 0.111. The fourth-order valence-electron chi connectivity index (χ4n) is 3.12. The number of fused-ring (bicyclic) bond motifs is 1. The van der Waals surface area contributed by atoms with E-state index in [0.717, 1.165) is 18.4 Å². The third-order valence-electron chi connectivity index (χ3n) is 4.16. The number of carbonyl (C=O) groups is 1. The molecule has 18 heavy (non-hydrogen) atoms. The lowest BCUT2D eigenvalue weighted by Crippen LogP contribution is -2.01. The van der Waals surface area contributed by atoms with Crippen LogP contribution in [0.3, 0.4) is 0 Å². The molecule has 0 radical (unpaired) electrons. The van der Waals surface area contributed by atoms with Crippen LogP contribution >= 0.6 is 0 Å². The Morgan fingerprint density at radius 3 is 2.94 bits per heavy atom. The maximum atomic E-state index is 11.0. The van der Waals surface area contributed by atoms with E-state index in [0.29, 0.717) is 5.92 Å². The first-order valence-corrected chi connectivity index (χ1v) is 7.52. The summed E-state index contributed by atoms with van der Waals surface area (Å²) in [5, 5.41) is 0. The van der Waals surface area contributed by atoms with E-state index in [4.69, 9.17) is 0 Å². The molecule has 100 valence electrons. The predicted molar refractivity (Wildman–Crippen MR) is 75.2 cm³/mol. The van der Waals surface area contributed by atoms with Crippen LogP contribution in [0.5, 0.6) is 0 Å². The molecule has 0 unspecified atom stereocenters. The number of carbonyl (C=O) groups excluding carboxylic acids is 1. The lowest BCUT2D eigenvalue weighted by Gasteiger charge is -2.16. The Labute approximate surface area is 110 Å². The summed E-state index contributed by atoms with van der Waals surface area (Å²) in [4.78, 5) is 14.3. The van der Waals surface area contributed by atoms with E-state index in [1.165, 1.54) is 62.6 Å². The van der Waals surface area contributed by atoms with Gasteiger partial charge in [0.2, 0.25) is 0 Å². The fourth-order valence-corrected chi connectivity index (χ4v) is 3.12. The van der Waals surface area contributed by atoms with Crippen molar-refractivity contribution in [2.24, 2.45) is 0 Å². The topological polar surface area (TPSA) is 32.9 Å². The van der Waals surface area contributed by atoms with Gasteiger partial charge in [-0.25, -0.2) is 0 Å². The first-order chi connectivity index (χ1) is 8.85. The molecule has 1 N–H and O–H groups in total. The number of H-pyrrole nitrogens is 1. The van der Waals surface area contributed by atoms with Gasteiger partial charge in [-0.3, -0.25) is 4.79 Å². The maximum Gasteiger partial charge on any atom is 0.166 e. The molecule has 0 fully saturated rings. The van der Waals surface area contributed by atoms with Gasteiger partial charge >= 0.3 is 0 Å². The van der Waals surface area contributed by atoms with Crippen molar-refractivity contribution in [1.29, 1.82) is 0 Å². The van der Waals surface area contributed by atoms with Crippen molar-refractivity contribution in [2.75, 3.05) is 0 Å². The molecule has 0 amide bonds. The van der Waals surface area contributed by atoms with Crippen LogP contribution in [0.4, 0.5) is 0 Å². The molecule has 1 aliphatic rings. The Balaban J connectivity index is 2.21. The molecular formula is C16H25NO. The minimum Gasteiger partial charge on any atom is -0.356 e. The summed E-state index contributed by atoms with van der Waals surface area (Å²) >= 11 is 0. The number of hydrogen-bond acceptors (Lipinski definition) is 1. The summed E-state index contributed by atoms with van der Waals surface area (Å²) in [6.45, 7) is 2.25. The van der Waals surface area contributed by atoms with E-state index in [-0.39, 0.29) is 0 Å².